The highest BCUT2D eigenvalue weighted by molar-refractivity contribution is 5.41. The van der Waals surface area contributed by atoms with Crippen LogP contribution in [-0.2, 0) is 0 Å². The zero-order chi connectivity index (χ0) is 14.1. The summed E-state index contributed by atoms with van der Waals surface area (Å²) in [5.74, 6) is 0.593. The Morgan fingerprint density at radius 3 is 2.65 bits per heavy atom. The minimum atomic E-state index is -0.275. The number of fused-ring (bicyclic) bond motifs is 1. The molecule has 0 fully saturated rings. The first-order valence-electron chi connectivity index (χ1n) is 6.63. The molecule has 2 heterocycles. The summed E-state index contributed by atoms with van der Waals surface area (Å²) >= 11 is 0. The molecule has 0 aliphatic rings. The molecule has 0 saturated heterocycles. The standard InChI is InChI=1S/C15H16N4O/c1-2-12(16)14-17-13-9-6-10-18(13)15(20)19(14)11-7-4-3-5-8-11/h3-10,12H,2,16H2,1H3. The van der Waals surface area contributed by atoms with Gasteiger partial charge in [-0.15, -0.1) is 0 Å². The summed E-state index contributed by atoms with van der Waals surface area (Å²) < 4.78 is 3.11. The van der Waals surface area contributed by atoms with Crippen molar-refractivity contribution in [1.82, 2.24) is 14.0 Å². The molecule has 1 aromatic carbocycles. The number of nitrogens with zero attached hydrogens (tertiary/aromatic N) is 3. The first-order chi connectivity index (χ1) is 9.72. The molecule has 0 bridgehead atoms. The Morgan fingerprint density at radius 1 is 1.20 bits per heavy atom. The van der Waals surface area contributed by atoms with Gasteiger partial charge < -0.3 is 5.73 Å². The second-order valence-electron chi connectivity index (χ2n) is 4.67. The third kappa shape index (κ3) is 1.92. The molecular weight excluding hydrogens is 252 g/mol. The minimum absolute atomic E-state index is 0.148. The molecule has 0 saturated carbocycles. The molecule has 3 rings (SSSR count). The van der Waals surface area contributed by atoms with Gasteiger partial charge in [0.25, 0.3) is 0 Å². The molecule has 5 heteroatoms. The van der Waals surface area contributed by atoms with Crippen LogP contribution in [0.15, 0.2) is 53.5 Å². The van der Waals surface area contributed by atoms with Crippen LogP contribution in [0.2, 0.25) is 0 Å². The fourth-order valence-corrected chi connectivity index (χ4v) is 2.25. The first-order valence-corrected chi connectivity index (χ1v) is 6.63. The van der Waals surface area contributed by atoms with Gasteiger partial charge >= 0.3 is 5.69 Å². The summed E-state index contributed by atoms with van der Waals surface area (Å²) in [6.45, 7) is 1.98. The third-order valence-corrected chi connectivity index (χ3v) is 3.37. The molecule has 1 atom stereocenters. The molecule has 2 aromatic heterocycles. The molecule has 0 aliphatic carbocycles. The van der Waals surface area contributed by atoms with E-state index in [0.29, 0.717) is 11.5 Å². The monoisotopic (exact) mass is 268 g/mol. The van der Waals surface area contributed by atoms with Crippen LogP contribution in [0.4, 0.5) is 0 Å². The maximum atomic E-state index is 12.7. The van der Waals surface area contributed by atoms with Crippen molar-refractivity contribution in [2.45, 2.75) is 19.4 Å². The van der Waals surface area contributed by atoms with Crippen LogP contribution in [0.25, 0.3) is 11.3 Å². The van der Waals surface area contributed by atoms with Crippen molar-refractivity contribution in [2.75, 3.05) is 0 Å². The zero-order valence-corrected chi connectivity index (χ0v) is 11.2. The van der Waals surface area contributed by atoms with Gasteiger partial charge in [0.2, 0.25) is 0 Å². The average molecular weight is 268 g/mol. The quantitative estimate of drug-likeness (QED) is 0.789. The van der Waals surface area contributed by atoms with Crippen LogP contribution in [0.1, 0.15) is 25.2 Å². The van der Waals surface area contributed by atoms with Gasteiger partial charge in [-0.2, -0.15) is 0 Å². The van der Waals surface area contributed by atoms with E-state index in [4.69, 9.17) is 5.73 Å². The molecule has 0 radical (unpaired) electrons. The van der Waals surface area contributed by atoms with Gasteiger partial charge in [0.15, 0.2) is 0 Å². The molecule has 102 valence electrons. The third-order valence-electron chi connectivity index (χ3n) is 3.37. The summed E-state index contributed by atoms with van der Waals surface area (Å²) in [4.78, 5) is 17.2. The number of benzene rings is 1. The molecular formula is C15H16N4O. The number of hydrogen-bond donors (Lipinski definition) is 1. The Bertz CT molecular complexity index is 788. The van der Waals surface area contributed by atoms with E-state index in [-0.39, 0.29) is 11.7 Å². The fourth-order valence-electron chi connectivity index (χ4n) is 2.25. The first kappa shape index (κ1) is 12.6. The van der Waals surface area contributed by atoms with Crippen molar-refractivity contribution >= 4 is 5.65 Å². The van der Waals surface area contributed by atoms with Crippen molar-refractivity contribution in [3.63, 3.8) is 0 Å². The molecule has 0 amide bonds. The molecule has 5 nitrogen and oxygen atoms in total. The summed E-state index contributed by atoms with van der Waals surface area (Å²) in [6, 6.07) is 12.8. The SMILES string of the molecule is CCC(N)c1nc2cccn2c(=O)n1-c1ccccc1. The maximum absolute atomic E-state index is 12.7. The Hall–Kier alpha value is -2.40. The summed E-state index contributed by atoms with van der Waals surface area (Å²) in [5.41, 5.74) is 7.38. The lowest BCUT2D eigenvalue weighted by molar-refractivity contribution is 0.607. The van der Waals surface area contributed by atoms with E-state index in [0.717, 1.165) is 12.1 Å². The van der Waals surface area contributed by atoms with E-state index in [1.807, 2.05) is 43.3 Å². The zero-order valence-electron chi connectivity index (χ0n) is 11.2. The van der Waals surface area contributed by atoms with Crippen molar-refractivity contribution in [3.8, 4) is 5.69 Å². The number of aromatic nitrogens is 3. The molecule has 2 N–H and O–H groups in total. The van der Waals surface area contributed by atoms with E-state index >= 15 is 0 Å². The fraction of sp³-hybridized carbons (Fsp3) is 0.200. The van der Waals surface area contributed by atoms with Crippen molar-refractivity contribution in [2.24, 2.45) is 5.73 Å². The average Bonchev–Trinajstić information content (AvgIpc) is 2.96. The van der Waals surface area contributed by atoms with E-state index in [9.17, 15) is 4.79 Å². The van der Waals surface area contributed by atoms with Crippen LogP contribution in [0.3, 0.4) is 0 Å². The van der Waals surface area contributed by atoms with Gasteiger partial charge in [-0.05, 0) is 30.7 Å². The van der Waals surface area contributed by atoms with Crippen molar-refractivity contribution in [1.29, 1.82) is 0 Å². The smallest absolute Gasteiger partial charge is 0.321 e. The topological polar surface area (TPSA) is 65.3 Å². The Kier molecular flexibility index (Phi) is 3.12. The van der Waals surface area contributed by atoms with Crippen molar-refractivity contribution < 1.29 is 0 Å². The predicted octanol–water partition coefficient (Wildman–Crippen LogP) is 1.90. The lowest BCUT2D eigenvalue weighted by atomic mass is 10.2. The van der Waals surface area contributed by atoms with Gasteiger partial charge in [0, 0.05) is 6.20 Å². The highest BCUT2D eigenvalue weighted by Crippen LogP contribution is 2.15. The van der Waals surface area contributed by atoms with Crippen molar-refractivity contribution in [3.05, 3.63) is 65.0 Å². The maximum Gasteiger partial charge on any atom is 0.339 e. The van der Waals surface area contributed by atoms with Crippen LogP contribution in [0, 0.1) is 0 Å². The predicted molar refractivity (Wildman–Crippen MR) is 78.0 cm³/mol. The highest BCUT2D eigenvalue weighted by Gasteiger charge is 2.16. The molecule has 0 aliphatic heterocycles. The Balaban J connectivity index is 2.38. The highest BCUT2D eigenvalue weighted by atomic mass is 16.1. The van der Waals surface area contributed by atoms with E-state index in [2.05, 4.69) is 4.98 Å². The largest absolute Gasteiger partial charge is 0.339 e. The van der Waals surface area contributed by atoms with Crippen LogP contribution < -0.4 is 11.4 Å². The van der Waals surface area contributed by atoms with E-state index < -0.39 is 0 Å². The minimum Gasteiger partial charge on any atom is -0.321 e. The van der Waals surface area contributed by atoms with Gasteiger partial charge in [-0.3, -0.25) is 4.40 Å². The van der Waals surface area contributed by atoms with Crippen LogP contribution in [-0.4, -0.2) is 14.0 Å². The molecule has 1 unspecified atom stereocenters. The summed E-state index contributed by atoms with van der Waals surface area (Å²) in [5, 5.41) is 0. The number of hydrogen-bond acceptors (Lipinski definition) is 3. The molecule has 20 heavy (non-hydrogen) atoms. The van der Waals surface area contributed by atoms with Gasteiger partial charge in [0.1, 0.15) is 11.5 Å². The van der Waals surface area contributed by atoms with E-state index in [1.165, 1.54) is 4.40 Å². The Labute approximate surface area is 116 Å². The number of para-hydroxylation sites is 1. The molecule has 0 spiro atoms. The van der Waals surface area contributed by atoms with Gasteiger partial charge in [-0.1, -0.05) is 25.1 Å². The lowest BCUT2D eigenvalue weighted by Gasteiger charge is -2.16. The van der Waals surface area contributed by atoms with Gasteiger partial charge in [0.05, 0.1) is 11.7 Å². The van der Waals surface area contributed by atoms with Crippen LogP contribution in [0.5, 0.6) is 0 Å². The summed E-state index contributed by atoms with van der Waals surface area (Å²) in [7, 11) is 0. The molecule has 3 aromatic rings. The second kappa shape index (κ2) is 4.94. The van der Waals surface area contributed by atoms with Crippen LogP contribution >= 0.6 is 0 Å². The van der Waals surface area contributed by atoms with E-state index in [1.54, 1.807) is 16.8 Å². The lowest BCUT2D eigenvalue weighted by Crippen LogP contribution is -2.32. The summed E-state index contributed by atoms with van der Waals surface area (Å²) in [6.07, 6.45) is 2.43. The Morgan fingerprint density at radius 2 is 1.95 bits per heavy atom. The number of rotatable bonds is 3. The number of nitrogens with two attached hydrogens (primary N) is 1. The van der Waals surface area contributed by atoms with Gasteiger partial charge in [-0.25, -0.2) is 14.3 Å². The normalized spacial score (nSPS) is 12.7. The second-order valence-corrected chi connectivity index (χ2v) is 4.67.